The molecule has 0 aromatic carbocycles. The number of rotatable bonds is 5. The zero-order valence-electron chi connectivity index (χ0n) is 12.8. The summed E-state index contributed by atoms with van der Waals surface area (Å²) in [7, 11) is -2.87. The largest absolute Gasteiger partial charge is 0.229 e. The summed E-state index contributed by atoms with van der Waals surface area (Å²) in [5.74, 6) is 1.89. The van der Waals surface area contributed by atoms with E-state index in [1.165, 1.54) is 12.8 Å². The van der Waals surface area contributed by atoms with Gasteiger partial charge in [0, 0.05) is 11.6 Å². The van der Waals surface area contributed by atoms with Crippen molar-refractivity contribution in [3.8, 4) is 0 Å². The van der Waals surface area contributed by atoms with Gasteiger partial charge in [-0.1, -0.05) is 27.7 Å². The van der Waals surface area contributed by atoms with Crippen molar-refractivity contribution in [3.05, 3.63) is 0 Å². The Kier molecular flexibility index (Phi) is 5.77. The highest BCUT2D eigenvalue weighted by molar-refractivity contribution is 7.91. The zero-order valence-corrected chi connectivity index (χ0v) is 14.4. The van der Waals surface area contributed by atoms with Gasteiger partial charge in [0.15, 0.2) is 0 Å². The minimum Gasteiger partial charge on any atom is -0.229 e. The number of hydrogen-bond donors (Lipinski definition) is 0. The summed E-state index contributed by atoms with van der Waals surface area (Å²) < 4.78 is 23.4. The molecule has 0 N–H and O–H groups in total. The van der Waals surface area contributed by atoms with Crippen LogP contribution < -0.4 is 0 Å². The highest BCUT2D eigenvalue weighted by Gasteiger charge is 2.38. The molecule has 19 heavy (non-hydrogen) atoms. The lowest BCUT2D eigenvalue weighted by Gasteiger charge is -2.43. The Bertz CT molecular complexity index is 373. The number of hydrogen-bond acceptors (Lipinski definition) is 2. The molecule has 114 valence electrons. The molecule has 0 amide bonds. The Morgan fingerprint density at radius 2 is 1.74 bits per heavy atom. The van der Waals surface area contributed by atoms with E-state index >= 15 is 0 Å². The highest BCUT2D eigenvalue weighted by Crippen LogP contribution is 2.47. The molecule has 1 rings (SSSR count). The summed E-state index contributed by atoms with van der Waals surface area (Å²) in [4.78, 5) is 0. The first-order chi connectivity index (χ1) is 8.64. The van der Waals surface area contributed by atoms with E-state index in [2.05, 4.69) is 20.8 Å². The van der Waals surface area contributed by atoms with Crippen molar-refractivity contribution in [2.45, 2.75) is 59.8 Å². The number of halogens is 1. The number of alkyl halides is 1. The Morgan fingerprint density at radius 1 is 1.21 bits per heavy atom. The van der Waals surface area contributed by atoms with Crippen molar-refractivity contribution >= 4 is 21.4 Å². The lowest BCUT2D eigenvalue weighted by molar-refractivity contribution is 0.0996. The van der Waals surface area contributed by atoms with Gasteiger partial charge in [-0.2, -0.15) is 0 Å². The van der Waals surface area contributed by atoms with Crippen LogP contribution in [0, 0.1) is 16.7 Å². The van der Waals surface area contributed by atoms with Gasteiger partial charge in [0.2, 0.25) is 0 Å². The molecule has 0 aliphatic heterocycles. The van der Waals surface area contributed by atoms with Crippen LogP contribution in [-0.2, 0) is 9.84 Å². The molecular weight excluding hydrogens is 280 g/mol. The molecule has 2 nitrogen and oxygen atoms in total. The van der Waals surface area contributed by atoms with Crippen LogP contribution in [0.5, 0.6) is 0 Å². The van der Waals surface area contributed by atoms with Gasteiger partial charge < -0.3 is 0 Å². The van der Waals surface area contributed by atoms with Crippen LogP contribution in [0.4, 0.5) is 0 Å². The van der Waals surface area contributed by atoms with Crippen molar-refractivity contribution in [2.75, 3.05) is 17.4 Å². The van der Waals surface area contributed by atoms with Crippen LogP contribution >= 0.6 is 11.6 Å². The predicted molar refractivity (Wildman–Crippen MR) is 83.5 cm³/mol. The smallest absolute Gasteiger partial charge is 0.150 e. The second kappa shape index (κ2) is 6.34. The SMILES string of the molecule is CCS(=O)(=O)CCC1(CCl)CCC(C(C)(C)C)CC1. The third-order valence-electron chi connectivity index (χ3n) is 4.94. The van der Waals surface area contributed by atoms with Crippen LogP contribution in [0.3, 0.4) is 0 Å². The van der Waals surface area contributed by atoms with Gasteiger partial charge in [0.1, 0.15) is 9.84 Å². The first-order valence-electron chi connectivity index (χ1n) is 7.40. The quantitative estimate of drug-likeness (QED) is 0.711. The molecule has 1 aliphatic rings. The van der Waals surface area contributed by atoms with E-state index in [1.54, 1.807) is 6.92 Å². The van der Waals surface area contributed by atoms with Crippen molar-refractivity contribution in [3.63, 3.8) is 0 Å². The summed E-state index contributed by atoms with van der Waals surface area (Å²) in [6.45, 7) is 8.62. The van der Waals surface area contributed by atoms with E-state index in [-0.39, 0.29) is 11.2 Å². The Hall–Kier alpha value is 0.240. The maximum Gasteiger partial charge on any atom is 0.150 e. The van der Waals surface area contributed by atoms with Crippen molar-refractivity contribution in [2.24, 2.45) is 16.7 Å². The van der Waals surface area contributed by atoms with E-state index in [9.17, 15) is 8.42 Å². The van der Waals surface area contributed by atoms with Crippen molar-refractivity contribution < 1.29 is 8.42 Å². The molecule has 0 atom stereocenters. The fourth-order valence-electron chi connectivity index (χ4n) is 3.06. The number of sulfone groups is 1. The van der Waals surface area contributed by atoms with Gasteiger partial charge in [0.25, 0.3) is 0 Å². The molecule has 0 unspecified atom stereocenters. The van der Waals surface area contributed by atoms with Gasteiger partial charge in [-0.05, 0) is 48.9 Å². The van der Waals surface area contributed by atoms with Crippen LogP contribution in [-0.4, -0.2) is 25.8 Å². The maximum atomic E-state index is 11.7. The fourth-order valence-corrected chi connectivity index (χ4v) is 4.50. The molecule has 4 heteroatoms. The summed E-state index contributed by atoms with van der Waals surface area (Å²) >= 11 is 6.18. The van der Waals surface area contributed by atoms with E-state index in [4.69, 9.17) is 11.6 Å². The van der Waals surface area contributed by atoms with Gasteiger partial charge in [-0.25, -0.2) is 8.42 Å². The molecule has 0 aromatic rings. The Morgan fingerprint density at radius 3 is 2.11 bits per heavy atom. The zero-order chi connectivity index (χ0) is 14.7. The average Bonchev–Trinajstić information content (AvgIpc) is 2.36. The molecule has 1 aliphatic carbocycles. The molecule has 0 spiro atoms. The summed E-state index contributed by atoms with van der Waals surface area (Å²) in [6, 6.07) is 0. The molecule has 0 radical (unpaired) electrons. The first-order valence-corrected chi connectivity index (χ1v) is 9.76. The second-order valence-corrected chi connectivity index (χ2v) is 10.0. The molecule has 1 saturated carbocycles. The molecule has 0 heterocycles. The van der Waals surface area contributed by atoms with Crippen molar-refractivity contribution in [1.29, 1.82) is 0 Å². The van der Waals surface area contributed by atoms with E-state index in [1.807, 2.05) is 0 Å². The molecule has 0 bridgehead atoms. The average molecular weight is 309 g/mol. The van der Waals surface area contributed by atoms with Crippen LogP contribution in [0.1, 0.15) is 59.8 Å². The van der Waals surface area contributed by atoms with Crippen LogP contribution in [0.15, 0.2) is 0 Å². The molecule has 0 aromatic heterocycles. The van der Waals surface area contributed by atoms with Gasteiger partial charge >= 0.3 is 0 Å². The standard InChI is InChI=1S/C15H29ClO2S/c1-5-19(17,18)11-10-15(12-16)8-6-13(7-9-15)14(2,3)4/h13H,5-12H2,1-4H3. The normalized spacial score (nSPS) is 29.4. The first kappa shape index (κ1) is 17.3. The molecule has 0 saturated heterocycles. The summed E-state index contributed by atoms with van der Waals surface area (Å²) in [6.07, 6.45) is 5.27. The van der Waals surface area contributed by atoms with Gasteiger partial charge in [-0.3, -0.25) is 0 Å². The Labute approximate surface area is 124 Å². The topological polar surface area (TPSA) is 34.1 Å². The molecule has 1 fully saturated rings. The van der Waals surface area contributed by atoms with Crippen LogP contribution in [0.25, 0.3) is 0 Å². The highest BCUT2D eigenvalue weighted by atomic mass is 35.5. The minimum atomic E-state index is -2.87. The molecular formula is C15H29ClO2S. The minimum absolute atomic E-state index is 0.0611. The van der Waals surface area contributed by atoms with Gasteiger partial charge in [-0.15, -0.1) is 11.6 Å². The third kappa shape index (κ3) is 4.93. The van der Waals surface area contributed by atoms with E-state index in [0.29, 0.717) is 17.0 Å². The second-order valence-electron chi connectivity index (χ2n) is 7.26. The summed E-state index contributed by atoms with van der Waals surface area (Å²) in [5.41, 5.74) is 0.416. The fraction of sp³-hybridized carbons (Fsp3) is 1.00. The lowest BCUT2D eigenvalue weighted by atomic mass is 9.64. The maximum absolute atomic E-state index is 11.7. The monoisotopic (exact) mass is 308 g/mol. The predicted octanol–water partition coefficient (Wildman–Crippen LogP) is 4.27. The Balaban J connectivity index is 2.61. The lowest BCUT2D eigenvalue weighted by Crippen LogP contribution is -2.35. The third-order valence-corrected chi connectivity index (χ3v) is 7.21. The van der Waals surface area contributed by atoms with E-state index < -0.39 is 9.84 Å². The summed E-state index contributed by atoms with van der Waals surface area (Å²) in [5, 5.41) is 0. The van der Waals surface area contributed by atoms with Gasteiger partial charge in [0.05, 0.1) is 5.75 Å². The van der Waals surface area contributed by atoms with Crippen molar-refractivity contribution in [1.82, 2.24) is 0 Å². The van der Waals surface area contributed by atoms with E-state index in [0.717, 1.165) is 25.2 Å². The van der Waals surface area contributed by atoms with Crippen LogP contribution in [0.2, 0.25) is 0 Å².